The zero-order chi connectivity index (χ0) is 18.1. The lowest BCUT2D eigenvalue weighted by molar-refractivity contribution is -0.0449. The molecule has 142 valence electrons. The minimum atomic E-state index is -0.866. The Hall–Kier alpha value is -1.43. The molecule has 3 aliphatic rings. The number of carboxylic acids is 1. The van der Waals surface area contributed by atoms with Gasteiger partial charge in [0.2, 0.25) is 0 Å². The van der Waals surface area contributed by atoms with Gasteiger partial charge < -0.3 is 15.2 Å². The van der Waals surface area contributed by atoms with Crippen LogP contribution in [-0.2, 0) is 11.3 Å². The number of rotatable bonds is 6. The number of hydrogen-bond donors (Lipinski definition) is 2. The van der Waals surface area contributed by atoms with Crippen LogP contribution in [0.25, 0.3) is 0 Å². The van der Waals surface area contributed by atoms with Gasteiger partial charge in [0.05, 0.1) is 17.8 Å². The maximum Gasteiger partial charge on any atom is 0.335 e. The molecule has 2 heterocycles. The van der Waals surface area contributed by atoms with Crippen LogP contribution in [-0.4, -0.2) is 53.4 Å². The van der Waals surface area contributed by atoms with Crippen LogP contribution in [0, 0.1) is 5.92 Å². The molecule has 0 radical (unpaired) electrons. The molecule has 2 N–H and O–H groups in total. The van der Waals surface area contributed by atoms with Gasteiger partial charge in [-0.3, -0.25) is 4.90 Å². The highest BCUT2D eigenvalue weighted by Gasteiger charge is 2.45. The molecule has 3 atom stereocenters. The summed E-state index contributed by atoms with van der Waals surface area (Å²) in [5.41, 5.74) is 1.61. The molecule has 1 aromatic rings. The predicted octanol–water partition coefficient (Wildman–Crippen LogP) is 2.90. The minimum Gasteiger partial charge on any atom is -0.478 e. The number of nitrogens with one attached hydrogen (secondary N) is 1. The Morgan fingerprint density at radius 1 is 1.31 bits per heavy atom. The number of piperidine rings is 1. The van der Waals surface area contributed by atoms with Crippen LogP contribution < -0.4 is 5.32 Å². The lowest BCUT2D eigenvalue weighted by Crippen LogP contribution is -2.44. The van der Waals surface area contributed by atoms with Crippen molar-refractivity contribution in [2.24, 2.45) is 5.92 Å². The Labute approximate surface area is 155 Å². The molecular weight excluding hydrogens is 328 g/mol. The van der Waals surface area contributed by atoms with E-state index in [2.05, 4.69) is 17.1 Å². The number of ether oxygens (including phenoxy) is 1. The Kier molecular flexibility index (Phi) is 5.04. The van der Waals surface area contributed by atoms with Gasteiger partial charge in [0.25, 0.3) is 0 Å². The first-order valence-electron chi connectivity index (χ1n) is 10.0. The number of benzene rings is 1. The van der Waals surface area contributed by atoms with Crippen LogP contribution in [0.3, 0.4) is 0 Å². The average Bonchev–Trinajstić information content (AvgIpc) is 3.29. The third-order valence-electron chi connectivity index (χ3n) is 6.48. The quantitative estimate of drug-likeness (QED) is 0.819. The van der Waals surface area contributed by atoms with E-state index in [-0.39, 0.29) is 5.60 Å². The van der Waals surface area contributed by atoms with Crippen molar-refractivity contribution in [2.45, 2.75) is 63.3 Å². The highest BCUT2D eigenvalue weighted by molar-refractivity contribution is 5.87. The van der Waals surface area contributed by atoms with E-state index >= 15 is 0 Å². The number of nitrogens with zero attached hydrogens (tertiary/aromatic N) is 1. The number of carboxylic acid groups (broad SMARTS) is 1. The SMILES string of the molecule is CC[C@@H]1C[C@H]1NC1COC2(CCN(Cc3ccc(C(=O)O)cc3)CC2)C1. The molecule has 1 unspecified atom stereocenters. The van der Waals surface area contributed by atoms with E-state index in [0.29, 0.717) is 11.6 Å². The molecule has 1 saturated carbocycles. The van der Waals surface area contributed by atoms with E-state index in [1.165, 1.54) is 18.4 Å². The predicted molar refractivity (Wildman–Crippen MR) is 100 cm³/mol. The first kappa shape index (κ1) is 18.0. The van der Waals surface area contributed by atoms with Crippen molar-refractivity contribution < 1.29 is 14.6 Å². The maximum atomic E-state index is 10.9. The van der Waals surface area contributed by atoms with E-state index in [1.54, 1.807) is 12.1 Å². The molecule has 5 nitrogen and oxygen atoms in total. The van der Waals surface area contributed by atoms with Crippen LogP contribution in [0.5, 0.6) is 0 Å². The topological polar surface area (TPSA) is 61.8 Å². The normalized spacial score (nSPS) is 30.6. The fourth-order valence-electron chi connectivity index (χ4n) is 4.64. The van der Waals surface area contributed by atoms with Gasteiger partial charge in [0.1, 0.15) is 0 Å². The van der Waals surface area contributed by atoms with Gasteiger partial charge in [-0.2, -0.15) is 0 Å². The zero-order valence-corrected chi connectivity index (χ0v) is 15.6. The Morgan fingerprint density at radius 2 is 2.04 bits per heavy atom. The summed E-state index contributed by atoms with van der Waals surface area (Å²) in [7, 11) is 0. The summed E-state index contributed by atoms with van der Waals surface area (Å²) < 4.78 is 6.28. The average molecular weight is 358 g/mol. The largest absolute Gasteiger partial charge is 0.478 e. The van der Waals surface area contributed by atoms with Gasteiger partial charge in [-0.25, -0.2) is 4.79 Å². The summed E-state index contributed by atoms with van der Waals surface area (Å²) in [4.78, 5) is 13.4. The lowest BCUT2D eigenvalue weighted by Gasteiger charge is -2.38. The van der Waals surface area contributed by atoms with Crippen LogP contribution in [0.2, 0.25) is 0 Å². The van der Waals surface area contributed by atoms with E-state index in [9.17, 15) is 4.79 Å². The molecule has 0 bridgehead atoms. The Bertz CT molecular complexity index is 637. The molecule has 1 aliphatic carbocycles. The first-order valence-corrected chi connectivity index (χ1v) is 10.0. The summed E-state index contributed by atoms with van der Waals surface area (Å²) >= 11 is 0. The molecule has 2 saturated heterocycles. The monoisotopic (exact) mass is 358 g/mol. The Balaban J connectivity index is 1.24. The lowest BCUT2D eigenvalue weighted by atomic mass is 9.87. The number of aromatic carboxylic acids is 1. The Morgan fingerprint density at radius 3 is 2.65 bits per heavy atom. The summed E-state index contributed by atoms with van der Waals surface area (Å²) in [5, 5.41) is 12.8. The second kappa shape index (κ2) is 7.29. The van der Waals surface area contributed by atoms with Crippen LogP contribution in [0.1, 0.15) is 54.9 Å². The summed E-state index contributed by atoms with van der Waals surface area (Å²) in [5.74, 6) is 0.0235. The maximum absolute atomic E-state index is 10.9. The van der Waals surface area contributed by atoms with Crippen molar-refractivity contribution in [3.63, 3.8) is 0 Å². The zero-order valence-electron chi connectivity index (χ0n) is 15.6. The summed E-state index contributed by atoms with van der Waals surface area (Å²) in [6.45, 7) is 6.13. The molecule has 1 aromatic carbocycles. The standard InChI is InChI=1S/C21H30N2O3/c1-2-16-11-19(16)22-18-12-21(26-14-18)7-9-23(10-8-21)13-15-3-5-17(6-4-15)20(24)25/h3-6,16,18-19,22H,2,7-14H2,1H3,(H,24,25)/t16-,18?,19-/m1/s1. The van der Waals surface area contributed by atoms with Gasteiger partial charge in [0, 0.05) is 31.7 Å². The van der Waals surface area contributed by atoms with Crippen molar-refractivity contribution in [3.8, 4) is 0 Å². The first-order chi connectivity index (χ1) is 12.6. The molecule has 3 fully saturated rings. The van der Waals surface area contributed by atoms with E-state index in [4.69, 9.17) is 9.84 Å². The minimum absolute atomic E-state index is 0.0813. The second-order valence-electron chi connectivity index (χ2n) is 8.35. The fourth-order valence-corrected chi connectivity index (χ4v) is 4.64. The van der Waals surface area contributed by atoms with Gasteiger partial charge in [0.15, 0.2) is 0 Å². The molecule has 26 heavy (non-hydrogen) atoms. The number of likely N-dealkylation sites (tertiary alicyclic amines) is 1. The number of hydrogen-bond acceptors (Lipinski definition) is 4. The van der Waals surface area contributed by atoms with E-state index in [1.807, 2.05) is 12.1 Å². The van der Waals surface area contributed by atoms with Crippen LogP contribution in [0.4, 0.5) is 0 Å². The highest BCUT2D eigenvalue weighted by Crippen LogP contribution is 2.39. The van der Waals surface area contributed by atoms with Crippen molar-refractivity contribution in [1.82, 2.24) is 10.2 Å². The summed E-state index contributed by atoms with van der Waals surface area (Å²) in [6, 6.07) is 8.52. The molecule has 0 amide bonds. The third kappa shape index (κ3) is 3.95. The van der Waals surface area contributed by atoms with E-state index in [0.717, 1.165) is 57.5 Å². The van der Waals surface area contributed by atoms with Crippen molar-refractivity contribution in [3.05, 3.63) is 35.4 Å². The van der Waals surface area contributed by atoms with Crippen LogP contribution >= 0.6 is 0 Å². The van der Waals surface area contributed by atoms with E-state index < -0.39 is 5.97 Å². The molecule has 1 spiro atoms. The fraction of sp³-hybridized carbons (Fsp3) is 0.667. The van der Waals surface area contributed by atoms with Crippen molar-refractivity contribution in [2.75, 3.05) is 19.7 Å². The molecule has 4 rings (SSSR count). The second-order valence-corrected chi connectivity index (χ2v) is 8.35. The van der Waals surface area contributed by atoms with Crippen LogP contribution in [0.15, 0.2) is 24.3 Å². The van der Waals surface area contributed by atoms with Crippen molar-refractivity contribution >= 4 is 5.97 Å². The van der Waals surface area contributed by atoms with Gasteiger partial charge in [-0.15, -0.1) is 0 Å². The summed E-state index contributed by atoms with van der Waals surface area (Å²) in [6.07, 6.45) is 5.98. The molecule has 0 aromatic heterocycles. The number of carbonyl (C=O) groups is 1. The molecule has 2 aliphatic heterocycles. The highest BCUT2D eigenvalue weighted by atomic mass is 16.5. The molecular formula is C21H30N2O3. The van der Waals surface area contributed by atoms with Gasteiger partial charge >= 0.3 is 5.97 Å². The third-order valence-corrected chi connectivity index (χ3v) is 6.48. The smallest absolute Gasteiger partial charge is 0.335 e. The van der Waals surface area contributed by atoms with Crippen molar-refractivity contribution in [1.29, 1.82) is 0 Å². The van der Waals surface area contributed by atoms with Gasteiger partial charge in [-0.1, -0.05) is 25.5 Å². The molecule has 5 heteroatoms. The van der Waals surface area contributed by atoms with Gasteiger partial charge in [-0.05, 0) is 49.3 Å².